The van der Waals surface area contributed by atoms with Gasteiger partial charge in [-0.25, -0.2) is 0 Å². The largest absolute Gasteiger partial charge is 0.0725 e. The van der Waals surface area contributed by atoms with Crippen LogP contribution >= 0.6 is 0 Å². The molecule has 2 spiro atoms. The van der Waals surface area contributed by atoms with Gasteiger partial charge in [-0.15, -0.1) is 0 Å². The third-order valence-electron chi connectivity index (χ3n) is 18.2. The molecule has 0 unspecified atom stereocenters. The van der Waals surface area contributed by atoms with E-state index in [1.165, 1.54) is 165 Å². The number of rotatable bonds is 3. The molecule has 18 rings (SSSR count). The molecule has 0 N–H and O–H groups in total. The highest BCUT2D eigenvalue weighted by Gasteiger charge is 2.52. The van der Waals surface area contributed by atoms with E-state index < -0.39 is 0 Å². The van der Waals surface area contributed by atoms with Crippen LogP contribution in [0.5, 0.6) is 0 Å². The van der Waals surface area contributed by atoms with Gasteiger partial charge < -0.3 is 0 Å². The van der Waals surface area contributed by atoms with Crippen molar-refractivity contribution in [2.75, 3.05) is 0 Å². The van der Waals surface area contributed by atoms with E-state index in [0.29, 0.717) is 0 Å². The molecule has 0 atom stereocenters. The summed E-state index contributed by atoms with van der Waals surface area (Å²) < 4.78 is 0. The smallest absolute Gasteiger partial charge is 0.0619 e. The predicted octanol–water partition coefficient (Wildman–Crippen LogP) is 19.0. The van der Waals surface area contributed by atoms with E-state index in [4.69, 9.17) is 0 Å². The lowest BCUT2D eigenvalue weighted by Crippen LogP contribution is -2.25. The summed E-state index contributed by atoms with van der Waals surface area (Å²) >= 11 is 0. The molecule has 74 heavy (non-hydrogen) atoms. The molecule has 0 radical (unpaired) electrons. The highest BCUT2D eigenvalue weighted by Crippen LogP contribution is 2.65. The Balaban J connectivity index is 0.764. The van der Waals surface area contributed by atoms with Crippen LogP contribution in [-0.2, 0) is 10.8 Å². The monoisotopic (exact) mass is 930 g/mol. The Morgan fingerprint density at radius 3 is 0.743 bits per heavy atom. The van der Waals surface area contributed by atoms with Gasteiger partial charge in [-0.1, -0.05) is 231 Å². The van der Waals surface area contributed by atoms with E-state index in [1.807, 2.05) is 0 Å². The van der Waals surface area contributed by atoms with Crippen LogP contribution in [0.25, 0.3) is 120 Å². The maximum atomic E-state index is 2.46. The summed E-state index contributed by atoms with van der Waals surface area (Å²) in [4.78, 5) is 0. The molecule has 0 amide bonds. The van der Waals surface area contributed by atoms with Gasteiger partial charge in [0.15, 0.2) is 0 Å². The molecule has 0 heterocycles. The Labute approximate surface area is 428 Å². The van der Waals surface area contributed by atoms with E-state index in [2.05, 4.69) is 255 Å². The summed E-state index contributed by atoms with van der Waals surface area (Å²) in [5.41, 5.74) is 23.1. The van der Waals surface area contributed by atoms with Crippen molar-refractivity contribution < 1.29 is 0 Å². The van der Waals surface area contributed by atoms with Gasteiger partial charge in [0.05, 0.1) is 10.8 Å². The van der Waals surface area contributed by atoms with Gasteiger partial charge >= 0.3 is 0 Å². The third kappa shape index (κ3) is 4.55. The highest BCUT2D eigenvalue weighted by atomic mass is 14.5. The van der Waals surface area contributed by atoms with Crippen LogP contribution in [0.4, 0.5) is 0 Å². The van der Waals surface area contributed by atoms with Gasteiger partial charge in [-0.3, -0.25) is 0 Å². The van der Waals surface area contributed by atoms with Gasteiger partial charge in [0.2, 0.25) is 0 Å². The van der Waals surface area contributed by atoms with Crippen molar-refractivity contribution in [3.8, 4) is 55.6 Å². The van der Waals surface area contributed by atoms with Crippen LogP contribution in [-0.4, -0.2) is 0 Å². The lowest BCUT2D eigenvalue weighted by molar-refractivity contribution is 0.797. The van der Waals surface area contributed by atoms with Crippen LogP contribution in [0, 0.1) is 0 Å². The van der Waals surface area contributed by atoms with E-state index in [9.17, 15) is 0 Å². The first-order valence-electron chi connectivity index (χ1n) is 26.2. The minimum Gasteiger partial charge on any atom is -0.0619 e. The molecule has 14 aromatic rings. The molecule has 14 aromatic carbocycles. The first kappa shape index (κ1) is 39.3. The highest BCUT2D eigenvalue weighted by molar-refractivity contribution is 6.32. The fraction of sp³-hybridized carbons (Fsp3) is 0.0270. The van der Waals surface area contributed by atoms with Crippen LogP contribution in [0.2, 0.25) is 0 Å². The zero-order valence-corrected chi connectivity index (χ0v) is 40.2. The van der Waals surface area contributed by atoms with Gasteiger partial charge in [-0.2, -0.15) is 0 Å². The maximum Gasteiger partial charge on any atom is 0.0725 e. The Bertz CT molecular complexity index is 4510. The second-order valence-corrected chi connectivity index (χ2v) is 21.3. The minimum atomic E-state index is -0.354. The van der Waals surface area contributed by atoms with Crippen LogP contribution in [0.3, 0.4) is 0 Å². The molecule has 0 bridgehead atoms. The molecule has 0 fully saturated rings. The van der Waals surface area contributed by atoms with E-state index in [-0.39, 0.29) is 10.8 Å². The number of fused-ring (bicyclic) bond motifs is 20. The van der Waals surface area contributed by atoms with E-state index >= 15 is 0 Å². The molecule has 0 saturated heterocycles. The van der Waals surface area contributed by atoms with Crippen LogP contribution in [0.1, 0.15) is 44.5 Å². The molecule has 4 aliphatic carbocycles. The normalized spacial score (nSPS) is 14.4. The second-order valence-electron chi connectivity index (χ2n) is 21.3. The number of hydrogen-bond donors (Lipinski definition) is 0. The molecule has 0 nitrogen and oxygen atoms in total. The third-order valence-corrected chi connectivity index (χ3v) is 18.2. The lowest BCUT2D eigenvalue weighted by Gasteiger charge is -2.30. The molecule has 338 valence electrons. The van der Waals surface area contributed by atoms with Gasteiger partial charge in [0, 0.05) is 0 Å². The molecular formula is C74H42. The molecule has 0 saturated carbocycles. The number of benzene rings is 14. The first-order chi connectivity index (χ1) is 36.7. The number of hydrogen-bond acceptors (Lipinski definition) is 0. The van der Waals surface area contributed by atoms with Crippen molar-refractivity contribution in [2.24, 2.45) is 0 Å². The Morgan fingerprint density at radius 1 is 0.162 bits per heavy atom. The molecule has 0 heteroatoms. The van der Waals surface area contributed by atoms with E-state index in [0.717, 1.165) is 0 Å². The van der Waals surface area contributed by atoms with Crippen molar-refractivity contribution in [1.82, 2.24) is 0 Å². The standard InChI is InChI=1S/C74H42/c1-5-27-61-51(19-1)52-20-2-6-28-62(52)73(61)65-31-11-23-55-49-37-35-47(41-59(49)57-25-13-33-67(73)71(57)69(55)65)45-17-9-15-43(39-45)44-16-10-18-46(40-44)48-36-38-50-56-24-12-32-66-70(56)72-58(60(50)42-48)26-14-34-68(72)74(66)63-29-7-3-21-53(63)54-22-4-8-30-64(54)74/h1-42H. The van der Waals surface area contributed by atoms with Gasteiger partial charge in [-0.05, 0) is 189 Å². The van der Waals surface area contributed by atoms with Crippen molar-refractivity contribution in [3.63, 3.8) is 0 Å². The second kappa shape index (κ2) is 13.8. The molecular weight excluding hydrogens is 889 g/mol. The summed E-state index contributed by atoms with van der Waals surface area (Å²) in [6.45, 7) is 0. The summed E-state index contributed by atoms with van der Waals surface area (Å²) in [5, 5.41) is 16.1. The van der Waals surface area contributed by atoms with Crippen molar-refractivity contribution in [3.05, 3.63) is 299 Å². The van der Waals surface area contributed by atoms with Crippen LogP contribution < -0.4 is 0 Å². The SMILES string of the molecule is c1cc(-c2cccc(-c3ccc4c(c3)c3cccc5c3c3c(cccc43)C53c4ccccc4-c4ccccc43)c2)cc(-c2ccc3c(c2)c2cccc4c2c2c(cccc32)C42c3ccccc3-c3ccccc32)c1. The maximum absolute atomic E-state index is 2.46. The van der Waals surface area contributed by atoms with E-state index in [1.54, 1.807) is 0 Å². The predicted molar refractivity (Wildman–Crippen MR) is 310 cm³/mol. The average Bonchev–Trinajstić information content (AvgIpc) is 4.35. The topological polar surface area (TPSA) is 0 Å². The summed E-state index contributed by atoms with van der Waals surface area (Å²) in [5.74, 6) is 0. The van der Waals surface area contributed by atoms with Crippen molar-refractivity contribution in [2.45, 2.75) is 10.8 Å². The first-order valence-corrected chi connectivity index (χ1v) is 26.2. The summed E-state index contributed by atoms with van der Waals surface area (Å²) in [6.07, 6.45) is 0. The minimum absolute atomic E-state index is 0.354. The zero-order valence-electron chi connectivity index (χ0n) is 40.2. The molecule has 4 aliphatic rings. The van der Waals surface area contributed by atoms with Gasteiger partial charge in [0.1, 0.15) is 0 Å². The summed E-state index contributed by atoms with van der Waals surface area (Å²) in [7, 11) is 0. The van der Waals surface area contributed by atoms with Crippen LogP contribution in [0.15, 0.2) is 255 Å². The quantitative estimate of drug-likeness (QED) is 0.155. The van der Waals surface area contributed by atoms with Gasteiger partial charge in [0.25, 0.3) is 0 Å². The Morgan fingerprint density at radius 2 is 0.419 bits per heavy atom. The summed E-state index contributed by atoms with van der Waals surface area (Å²) in [6, 6.07) is 97.3. The fourth-order valence-corrected chi connectivity index (χ4v) is 15.5. The average molecular weight is 931 g/mol. The Kier molecular flexibility index (Phi) is 7.31. The molecule has 0 aliphatic heterocycles. The lowest BCUT2D eigenvalue weighted by atomic mass is 9.70. The zero-order chi connectivity index (χ0) is 48.0. The van der Waals surface area contributed by atoms with Crippen molar-refractivity contribution in [1.29, 1.82) is 0 Å². The molecule has 0 aromatic heterocycles. The Hall–Kier alpha value is -9.36. The fourth-order valence-electron chi connectivity index (χ4n) is 15.5. The van der Waals surface area contributed by atoms with Crippen molar-refractivity contribution >= 4 is 64.6 Å².